The first-order valence-corrected chi connectivity index (χ1v) is 11.0. The second-order valence-electron chi connectivity index (χ2n) is 8.23. The highest BCUT2D eigenvalue weighted by Gasteiger charge is 2.09. The number of rotatable bonds is 7. The fraction of sp³-hybridized carbons (Fsp3) is 0.167. The molecular formula is C30H28O. The third kappa shape index (κ3) is 5.38. The van der Waals surface area contributed by atoms with E-state index in [4.69, 9.17) is 0 Å². The van der Waals surface area contributed by atoms with Crippen LogP contribution in [-0.2, 0) is 19.3 Å². The Morgan fingerprint density at radius 3 is 1.23 bits per heavy atom. The largest absolute Gasteiger partial charge is 0.289 e. The quantitative estimate of drug-likeness (QED) is 0.304. The number of aryl methyl sites for hydroxylation is 2. The van der Waals surface area contributed by atoms with Crippen molar-refractivity contribution in [1.29, 1.82) is 0 Å². The van der Waals surface area contributed by atoms with Crippen LogP contribution in [0.5, 0.6) is 0 Å². The fourth-order valence-corrected chi connectivity index (χ4v) is 3.78. The van der Waals surface area contributed by atoms with Gasteiger partial charge in [0.1, 0.15) is 0 Å². The van der Waals surface area contributed by atoms with Crippen LogP contribution in [0.25, 0.3) is 0 Å². The van der Waals surface area contributed by atoms with Crippen molar-refractivity contribution in [3.05, 3.63) is 142 Å². The summed E-state index contributed by atoms with van der Waals surface area (Å²) in [4.78, 5) is 12.7. The van der Waals surface area contributed by atoms with E-state index in [1.807, 2.05) is 43.3 Å². The van der Waals surface area contributed by atoms with Crippen molar-refractivity contribution >= 4 is 5.78 Å². The first-order valence-electron chi connectivity index (χ1n) is 11.0. The Morgan fingerprint density at radius 2 is 0.839 bits per heavy atom. The fourth-order valence-electron chi connectivity index (χ4n) is 3.78. The second-order valence-corrected chi connectivity index (χ2v) is 8.23. The van der Waals surface area contributed by atoms with Crippen molar-refractivity contribution < 1.29 is 4.79 Å². The van der Waals surface area contributed by atoms with E-state index in [0.29, 0.717) is 0 Å². The molecule has 0 N–H and O–H groups in total. The summed E-state index contributed by atoms with van der Waals surface area (Å²) in [6.07, 6.45) is 2.90. The molecule has 0 fully saturated rings. The second kappa shape index (κ2) is 9.57. The van der Waals surface area contributed by atoms with Gasteiger partial charge in [-0.15, -0.1) is 0 Å². The minimum Gasteiger partial charge on any atom is -0.289 e. The lowest BCUT2D eigenvalue weighted by Crippen LogP contribution is -2.01. The highest BCUT2D eigenvalue weighted by molar-refractivity contribution is 6.09. The SMILES string of the molecule is CCc1ccc(Cc2ccc(Cc3ccc(C(=O)c4ccc(C)cc4)cc3)cc2)cc1. The smallest absolute Gasteiger partial charge is 0.193 e. The van der Waals surface area contributed by atoms with E-state index in [9.17, 15) is 4.79 Å². The van der Waals surface area contributed by atoms with Crippen LogP contribution in [0.1, 0.15) is 56.2 Å². The molecule has 154 valence electrons. The van der Waals surface area contributed by atoms with Gasteiger partial charge in [-0.2, -0.15) is 0 Å². The van der Waals surface area contributed by atoms with E-state index in [0.717, 1.165) is 36.0 Å². The standard InChI is InChI=1S/C30H28O/c1-3-23-6-8-24(9-7-23)20-25-10-12-26(13-11-25)21-27-14-18-29(19-15-27)30(31)28-16-4-22(2)5-17-28/h4-19H,3,20-21H2,1-2H3. The molecule has 0 saturated heterocycles. The van der Waals surface area contributed by atoms with Crippen LogP contribution in [-0.4, -0.2) is 5.78 Å². The first-order chi connectivity index (χ1) is 15.1. The van der Waals surface area contributed by atoms with Gasteiger partial charge in [0, 0.05) is 11.1 Å². The molecule has 0 spiro atoms. The third-order valence-corrected chi connectivity index (χ3v) is 5.80. The highest BCUT2D eigenvalue weighted by atomic mass is 16.1. The van der Waals surface area contributed by atoms with E-state index in [1.54, 1.807) is 0 Å². The van der Waals surface area contributed by atoms with E-state index >= 15 is 0 Å². The predicted octanol–water partition coefficient (Wildman–Crippen LogP) is 6.97. The summed E-state index contributed by atoms with van der Waals surface area (Å²) in [6.45, 7) is 4.21. The van der Waals surface area contributed by atoms with Crippen LogP contribution in [0.15, 0.2) is 97.1 Å². The van der Waals surface area contributed by atoms with Gasteiger partial charge in [0.15, 0.2) is 5.78 Å². The Kier molecular flexibility index (Phi) is 6.43. The summed E-state index contributed by atoms with van der Waals surface area (Å²) < 4.78 is 0. The first kappa shape index (κ1) is 20.8. The summed E-state index contributed by atoms with van der Waals surface area (Å²) in [5, 5.41) is 0. The van der Waals surface area contributed by atoms with E-state index < -0.39 is 0 Å². The molecule has 0 aliphatic carbocycles. The zero-order valence-electron chi connectivity index (χ0n) is 18.3. The van der Waals surface area contributed by atoms with E-state index in [2.05, 4.69) is 67.6 Å². The lowest BCUT2D eigenvalue weighted by molar-refractivity contribution is 0.103. The zero-order chi connectivity index (χ0) is 21.6. The van der Waals surface area contributed by atoms with Gasteiger partial charge < -0.3 is 0 Å². The molecule has 0 bridgehead atoms. The maximum atomic E-state index is 12.7. The lowest BCUT2D eigenvalue weighted by Gasteiger charge is -2.07. The molecule has 0 amide bonds. The molecule has 0 heterocycles. The van der Waals surface area contributed by atoms with Gasteiger partial charge in [0.05, 0.1) is 0 Å². The Hall–Kier alpha value is -3.45. The van der Waals surface area contributed by atoms with Crippen molar-refractivity contribution in [2.75, 3.05) is 0 Å². The number of benzene rings is 4. The molecule has 0 aliphatic rings. The van der Waals surface area contributed by atoms with Crippen LogP contribution in [0.4, 0.5) is 0 Å². The van der Waals surface area contributed by atoms with Gasteiger partial charge in [-0.05, 0) is 54.0 Å². The lowest BCUT2D eigenvalue weighted by atomic mass is 9.97. The molecule has 0 radical (unpaired) electrons. The average Bonchev–Trinajstić information content (AvgIpc) is 2.81. The van der Waals surface area contributed by atoms with E-state index in [-0.39, 0.29) is 5.78 Å². The molecule has 0 aliphatic heterocycles. The number of ketones is 1. The summed E-state index contributed by atoms with van der Waals surface area (Å²) in [7, 11) is 0. The van der Waals surface area contributed by atoms with Gasteiger partial charge in [-0.1, -0.05) is 110 Å². The summed E-state index contributed by atoms with van der Waals surface area (Å²) in [6, 6.07) is 33.5. The minimum absolute atomic E-state index is 0.0721. The number of carbonyl (C=O) groups is 1. The summed E-state index contributed by atoms with van der Waals surface area (Å²) >= 11 is 0. The average molecular weight is 405 g/mol. The summed E-state index contributed by atoms with van der Waals surface area (Å²) in [5.41, 5.74) is 9.17. The van der Waals surface area contributed by atoms with Crippen LogP contribution < -0.4 is 0 Å². The molecule has 1 heteroatoms. The van der Waals surface area contributed by atoms with Gasteiger partial charge in [0.2, 0.25) is 0 Å². The number of hydrogen-bond acceptors (Lipinski definition) is 1. The molecule has 0 saturated carbocycles. The molecule has 0 aromatic heterocycles. The Bertz CT molecular complexity index is 1130. The monoisotopic (exact) mass is 404 g/mol. The van der Waals surface area contributed by atoms with Crippen LogP contribution in [0, 0.1) is 6.92 Å². The molecule has 4 aromatic carbocycles. The molecule has 1 nitrogen and oxygen atoms in total. The van der Waals surface area contributed by atoms with Crippen LogP contribution in [0.2, 0.25) is 0 Å². The Balaban J connectivity index is 1.38. The highest BCUT2D eigenvalue weighted by Crippen LogP contribution is 2.17. The Labute approximate surface area is 185 Å². The maximum Gasteiger partial charge on any atom is 0.193 e. The molecule has 0 atom stereocenters. The number of hydrogen-bond donors (Lipinski definition) is 0. The minimum atomic E-state index is 0.0721. The maximum absolute atomic E-state index is 12.7. The van der Waals surface area contributed by atoms with Gasteiger partial charge in [-0.3, -0.25) is 4.79 Å². The molecule has 4 aromatic rings. The van der Waals surface area contributed by atoms with Gasteiger partial charge >= 0.3 is 0 Å². The van der Waals surface area contributed by atoms with Crippen molar-refractivity contribution in [3.8, 4) is 0 Å². The van der Waals surface area contributed by atoms with Crippen molar-refractivity contribution in [2.45, 2.75) is 33.1 Å². The summed E-state index contributed by atoms with van der Waals surface area (Å²) in [5.74, 6) is 0.0721. The molecule has 31 heavy (non-hydrogen) atoms. The third-order valence-electron chi connectivity index (χ3n) is 5.80. The van der Waals surface area contributed by atoms with Crippen LogP contribution >= 0.6 is 0 Å². The predicted molar refractivity (Wildman–Crippen MR) is 129 cm³/mol. The van der Waals surface area contributed by atoms with E-state index in [1.165, 1.54) is 27.8 Å². The molecule has 0 unspecified atom stereocenters. The van der Waals surface area contributed by atoms with Gasteiger partial charge in [0.25, 0.3) is 0 Å². The topological polar surface area (TPSA) is 17.1 Å². The van der Waals surface area contributed by atoms with Gasteiger partial charge in [-0.25, -0.2) is 0 Å². The van der Waals surface area contributed by atoms with Crippen molar-refractivity contribution in [1.82, 2.24) is 0 Å². The normalized spacial score (nSPS) is 10.8. The van der Waals surface area contributed by atoms with Crippen molar-refractivity contribution in [3.63, 3.8) is 0 Å². The zero-order valence-corrected chi connectivity index (χ0v) is 18.3. The van der Waals surface area contributed by atoms with Crippen molar-refractivity contribution in [2.24, 2.45) is 0 Å². The molecule has 4 rings (SSSR count). The Morgan fingerprint density at radius 1 is 0.516 bits per heavy atom. The molecular weight excluding hydrogens is 376 g/mol. The van der Waals surface area contributed by atoms with Crippen LogP contribution in [0.3, 0.4) is 0 Å². The number of carbonyl (C=O) groups excluding carboxylic acids is 1.